The number of carbonyl (C=O) groups excluding carboxylic acids is 1. The largest absolute Gasteiger partial charge is 0.481 e. The molecule has 1 saturated carbocycles. The summed E-state index contributed by atoms with van der Waals surface area (Å²) in [5, 5.41) is 12.5. The lowest BCUT2D eigenvalue weighted by molar-refractivity contribution is -0.149. The van der Waals surface area contributed by atoms with Crippen LogP contribution < -0.4 is 5.32 Å². The summed E-state index contributed by atoms with van der Waals surface area (Å²) in [5.74, 6) is -0.575. The number of amides is 1. The van der Waals surface area contributed by atoms with E-state index in [1.165, 1.54) is 0 Å². The van der Waals surface area contributed by atoms with Crippen molar-refractivity contribution in [3.8, 4) is 0 Å². The first-order chi connectivity index (χ1) is 12.0. The van der Waals surface area contributed by atoms with Gasteiger partial charge in [0.05, 0.1) is 18.6 Å². The number of ether oxygens (including phenoxy) is 1. The second kappa shape index (κ2) is 8.84. The van der Waals surface area contributed by atoms with Gasteiger partial charge in [0.15, 0.2) is 0 Å². The minimum Gasteiger partial charge on any atom is -0.481 e. The molecule has 2 fully saturated rings. The number of halogens is 1. The Morgan fingerprint density at radius 1 is 1.38 bits per heavy atom. The number of hydrogen-bond donors (Lipinski definition) is 2. The fourth-order valence-electron chi connectivity index (χ4n) is 4.32. The number of likely N-dealkylation sites (tertiary alicyclic amines) is 1. The van der Waals surface area contributed by atoms with E-state index in [2.05, 4.69) is 5.32 Å². The summed E-state index contributed by atoms with van der Waals surface area (Å²) >= 11 is 0. The highest BCUT2D eigenvalue weighted by Crippen LogP contribution is 2.48. The minimum absolute atomic E-state index is 0. The van der Waals surface area contributed by atoms with Crippen LogP contribution in [0.2, 0.25) is 0 Å². The van der Waals surface area contributed by atoms with Crippen LogP contribution in [0.15, 0.2) is 24.3 Å². The lowest BCUT2D eigenvalue weighted by Gasteiger charge is -2.23. The van der Waals surface area contributed by atoms with Crippen LogP contribution in [0.25, 0.3) is 0 Å². The second-order valence-corrected chi connectivity index (χ2v) is 7.25. The molecule has 1 aliphatic carbocycles. The third-order valence-electron chi connectivity index (χ3n) is 5.53. The maximum Gasteiger partial charge on any atom is 0.311 e. The Morgan fingerprint density at radius 2 is 2.15 bits per heavy atom. The molecule has 144 valence electrons. The fraction of sp³-hybridized carbons (Fsp3) is 0.579. The van der Waals surface area contributed by atoms with Crippen LogP contribution in [0.1, 0.15) is 30.4 Å². The van der Waals surface area contributed by atoms with Gasteiger partial charge in [0.2, 0.25) is 5.91 Å². The molecule has 6 nitrogen and oxygen atoms in total. The molecule has 0 aromatic heterocycles. The molecule has 0 spiro atoms. The number of benzene rings is 1. The predicted octanol–water partition coefficient (Wildman–Crippen LogP) is 2.06. The molecule has 1 aromatic carbocycles. The lowest BCUT2D eigenvalue weighted by atomic mass is 9.81. The summed E-state index contributed by atoms with van der Waals surface area (Å²) in [5.41, 5.74) is 1.47. The lowest BCUT2D eigenvalue weighted by Crippen LogP contribution is -2.39. The summed E-state index contributed by atoms with van der Waals surface area (Å²) in [6.07, 6.45) is 2.67. The standard InChI is InChI=1S/C19H26N2O4.ClH/c1-25-12-15-5-2-4-14(8-15)9-20-17(22)11-21-10-16-6-3-7-19(16,13-21)18(23)24;/h2,4-5,8,16H,3,6-7,9-13H2,1H3,(H,20,22)(H,23,24);1H/t16-,19+;/m0./s1. The maximum absolute atomic E-state index is 12.3. The van der Waals surface area contributed by atoms with Crippen molar-refractivity contribution >= 4 is 24.3 Å². The quantitative estimate of drug-likeness (QED) is 0.754. The highest BCUT2D eigenvalue weighted by Gasteiger charge is 2.54. The number of fused-ring (bicyclic) bond motifs is 1. The molecule has 7 heteroatoms. The van der Waals surface area contributed by atoms with Crippen molar-refractivity contribution < 1.29 is 19.4 Å². The van der Waals surface area contributed by atoms with Crippen molar-refractivity contribution in [1.29, 1.82) is 0 Å². The van der Waals surface area contributed by atoms with E-state index in [1.807, 2.05) is 29.2 Å². The smallest absolute Gasteiger partial charge is 0.311 e. The number of rotatable bonds is 7. The Kier molecular flexibility index (Phi) is 7.03. The fourth-order valence-corrected chi connectivity index (χ4v) is 4.32. The summed E-state index contributed by atoms with van der Waals surface area (Å²) in [6, 6.07) is 7.93. The first kappa shape index (κ1) is 20.7. The number of hydrogen-bond acceptors (Lipinski definition) is 4. The van der Waals surface area contributed by atoms with Crippen LogP contribution in [0.3, 0.4) is 0 Å². The van der Waals surface area contributed by atoms with Crippen molar-refractivity contribution in [3.63, 3.8) is 0 Å². The molecule has 2 aliphatic rings. The molecule has 3 rings (SSSR count). The number of aliphatic carboxylic acids is 1. The molecule has 1 heterocycles. The van der Waals surface area contributed by atoms with Gasteiger partial charge in [0, 0.05) is 26.7 Å². The minimum atomic E-state index is -0.701. The van der Waals surface area contributed by atoms with E-state index in [-0.39, 0.29) is 30.8 Å². The first-order valence-corrected chi connectivity index (χ1v) is 8.83. The van der Waals surface area contributed by atoms with Gasteiger partial charge in [-0.25, -0.2) is 0 Å². The molecule has 0 unspecified atom stereocenters. The summed E-state index contributed by atoms with van der Waals surface area (Å²) in [7, 11) is 1.66. The van der Waals surface area contributed by atoms with Crippen LogP contribution in [-0.2, 0) is 27.5 Å². The summed E-state index contributed by atoms with van der Waals surface area (Å²) in [4.78, 5) is 25.9. The van der Waals surface area contributed by atoms with E-state index in [0.29, 0.717) is 26.2 Å². The Balaban J connectivity index is 0.00000243. The average molecular weight is 383 g/mol. The average Bonchev–Trinajstić information content (AvgIpc) is 3.11. The van der Waals surface area contributed by atoms with Gasteiger partial charge in [0.1, 0.15) is 0 Å². The van der Waals surface area contributed by atoms with E-state index in [1.54, 1.807) is 7.11 Å². The number of methoxy groups -OCH3 is 1. The Hall–Kier alpha value is -1.63. The van der Waals surface area contributed by atoms with Crippen LogP contribution in [0.4, 0.5) is 0 Å². The van der Waals surface area contributed by atoms with Crippen molar-refractivity contribution in [2.24, 2.45) is 11.3 Å². The molecule has 1 aliphatic heterocycles. The van der Waals surface area contributed by atoms with E-state index in [4.69, 9.17) is 4.74 Å². The Morgan fingerprint density at radius 3 is 2.85 bits per heavy atom. The number of carboxylic acid groups (broad SMARTS) is 1. The van der Waals surface area contributed by atoms with Crippen LogP contribution in [0.5, 0.6) is 0 Å². The summed E-state index contributed by atoms with van der Waals surface area (Å²) in [6.45, 7) is 2.49. The van der Waals surface area contributed by atoms with Crippen molar-refractivity contribution in [3.05, 3.63) is 35.4 Å². The normalized spacial score (nSPS) is 24.7. The molecule has 1 aromatic rings. The number of nitrogens with zero attached hydrogens (tertiary/aromatic N) is 1. The molecular formula is C19H27ClN2O4. The van der Waals surface area contributed by atoms with Crippen LogP contribution in [-0.4, -0.2) is 48.6 Å². The van der Waals surface area contributed by atoms with Gasteiger partial charge in [-0.05, 0) is 29.9 Å². The van der Waals surface area contributed by atoms with Crippen LogP contribution >= 0.6 is 12.4 Å². The van der Waals surface area contributed by atoms with Crippen molar-refractivity contribution in [1.82, 2.24) is 10.2 Å². The predicted molar refractivity (Wildman–Crippen MR) is 100 cm³/mol. The first-order valence-electron chi connectivity index (χ1n) is 8.83. The molecule has 1 amide bonds. The molecule has 26 heavy (non-hydrogen) atoms. The van der Waals surface area contributed by atoms with Crippen LogP contribution in [0, 0.1) is 11.3 Å². The molecule has 2 atom stereocenters. The van der Waals surface area contributed by atoms with Crippen molar-refractivity contribution in [2.45, 2.75) is 32.4 Å². The van der Waals surface area contributed by atoms with Gasteiger partial charge in [-0.3, -0.25) is 14.5 Å². The third-order valence-corrected chi connectivity index (χ3v) is 5.53. The van der Waals surface area contributed by atoms with Gasteiger partial charge in [-0.15, -0.1) is 12.4 Å². The monoisotopic (exact) mass is 382 g/mol. The van der Waals surface area contributed by atoms with E-state index < -0.39 is 11.4 Å². The van der Waals surface area contributed by atoms with Gasteiger partial charge in [-0.2, -0.15) is 0 Å². The van der Waals surface area contributed by atoms with E-state index in [0.717, 1.165) is 30.4 Å². The SMILES string of the molecule is COCc1cccc(CNC(=O)CN2C[C@@H]3CCC[C@@]3(C(=O)O)C2)c1.Cl. The molecule has 0 radical (unpaired) electrons. The molecular weight excluding hydrogens is 356 g/mol. The zero-order chi connectivity index (χ0) is 17.9. The van der Waals surface area contributed by atoms with Crippen molar-refractivity contribution in [2.75, 3.05) is 26.7 Å². The number of carbonyl (C=O) groups is 2. The highest BCUT2D eigenvalue weighted by molar-refractivity contribution is 5.85. The topological polar surface area (TPSA) is 78.9 Å². The van der Waals surface area contributed by atoms with Gasteiger partial charge < -0.3 is 15.2 Å². The maximum atomic E-state index is 12.3. The zero-order valence-electron chi connectivity index (χ0n) is 15.1. The zero-order valence-corrected chi connectivity index (χ0v) is 15.9. The third kappa shape index (κ3) is 4.37. The summed E-state index contributed by atoms with van der Waals surface area (Å²) < 4.78 is 5.12. The Labute approximate surface area is 160 Å². The molecule has 1 saturated heterocycles. The van der Waals surface area contributed by atoms with Gasteiger partial charge in [-0.1, -0.05) is 30.7 Å². The highest BCUT2D eigenvalue weighted by atomic mass is 35.5. The Bertz CT molecular complexity index is 654. The molecule has 2 N–H and O–H groups in total. The van der Waals surface area contributed by atoms with Gasteiger partial charge >= 0.3 is 5.97 Å². The second-order valence-electron chi connectivity index (χ2n) is 7.25. The van der Waals surface area contributed by atoms with Gasteiger partial charge in [0.25, 0.3) is 0 Å². The number of nitrogens with one attached hydrogen (secondary N) is 1. The van der Waals surface area contributed by atoms with E-state index in [9.17, 15) is 14.7 Å². The molecule has 0 bridgehead atoms. The van der Waals surface area contributed by atoms with E-state index >= 15 is 0 Å². The number of carboxylic acids is 1.